The van der Waals surface area contributed by atoms with Gasteiger partial charge in [0.2, 0.25) is 0 Å². The third-order valence-electron chi connectivity index (χ3n) is 2.93. The Kier molecular flexibility index (Phi) is 5.40. The molecule has 0 saturated carbocycles. The molecule has 0 aromatic rings. The second kappa shape index (κ2) is 6.58. The van der Waals surface area contributed by atoms with Crippen molar-refractivity contribution in [3.8, 4) is 0 Å². The van der Waals surface area contributed by atoms with Crippen LogP contribution in [-0.2, 0) is 9.53 Å². The molecular weight excluding hydrogens is 236 g/mol. The molecule has 6 heteroatoms. The van der Waals surface area contributed by atoms with E-state index in [1.54, 1.807) is 4.90 Å². The Morgan fingerprint density at radius 2 is 2.17 bits per heavy atom. The fraction of sp³-hybridized carbons (Fsp3) is 0.833. The lowest BCUT2D eigenvalue weighted by Gasteiger charge is -2.34. The van der Waals surface area contributed by atoms with E-state index in [4.69, 9.17) is 9.84 Å². The molecule has 0 spiro atoms. The van der Waals surface area contributed by atoms with Crippen LogP contribution >= 0.6 is 0 Å². The molecule has 2 amide bonds. The Bertz CT molecular complexity index is 306. The molecule has 0 aromatic carbocycles. The van der Waals surface area contributed by atoms with E-state index in [2.05, 4.69) is 5.32 Å². The number of hydrogen-bond acceptors (Lipinski definition) is 3. The monoisotopic (exact) mass is 258 g/mol. The summed E-state index contributed by atoms with van der Waals surface area (Å²) >= 11 is 0. The maximum Gasteiger partial charge on any atom is 0.326 e. The van der Waals surface area contributed by atoms with Crippen molar-refractivity contribution in [3.63, 3.8) is 0 Å². The molecule has 0 aliphatic carbocycles. The highest BCUT2D eigenvalue weighted by molar-refractivity contribution is 5.82. The predicted molar refractivity (Wildman–Crippen MR) is 66.4 cm³/mol. The van der Waals surface area contributed by atoms with Gasteiger partial charge in [-0.05, 0) is 19.3 Å². The normalized spacial score (nSPS) is 21.8. The average molecular weight is 258 g/mol. The highest BCUT2D eigenvalue weighted by Gasteiger charge is 2.28. The molecule has 1 heterocycles. The van der Waals surface area contributed by atoms with Crippen molar-refractivity contribution in [3.05, 3.63) is 0 Å². The topological polar surface area (TPSA) is 78.9 Å². The van der Waals surface area contributed by atoms with Crippen molar-refractivity contribution in [2.24, 2.45) is 5.92 Å². The quantitative estimate of drug-likeness (QED) is 0.785. The number of carboxylic acid groups (broad SMARTS) is 1. The van der Waals surface area contributed by atoms with E-state index in [0.29, 0.717) is 26.2 Å². The number of carbonyl (C=O) groups is 2. The lowest BCUT2D eigenvalue weighted by atomic mass is 10.0. The van der Waals surface area contributed by atoms with E-state index in [1.165, 1.54) is 0 Å². The third kappa shape index (κ3) is 4.18. The Hall–Kier alpha value is -1.30. The number of carboxylic acids is 1. The number of rotatable bonds is 4. The first kappa shape index (κ1) is 14.8. The Morgan fingerprint density at radius 3 is 2.67 bits per heavy atom. The molecule has 1 aliphatic rings. The number of amides is 2. The van der Waals surface area contributed by atoms with Gasteiger partial charge in [0.05, 0.1) is 19.3 Å². The first-order chi connectivity index (χ1) is 8.41. The van der Waals surface area contributed by atoms with Gasteiger partial charge >= 0.3 is 12.0 Å². The Labute approximate surface area is 107 Å². The predicted octanol–water partition coefficient (Wildman–Crippen LogP) is 0.916. The standard InChI is InChI=1S/C12H22N2O4/c1-8(2)6-10(11(15)16)13-12(17)14-4-5-18-7-9(14)3/h8-10H,4-7H2,1-3H3,(H,13,17)(H,15,16)/t9?,10-/m0/s1. The molecule has 0 radical (unpaired) electrons. The highest BCUT2D eigenvalue weighted by Crippen LogP contribution is 2.09. The summed E-state index contributed by atoms with van der Waals surface area (Å²) < 4.78 is 5.24. The van der Waals surface area contributed by atoms with Crippen LogP contribution in [0.2, 0.25) is 0 Å². The van der Waals surface area contributed by atoms with E-state index < -0.39 is 12.0 Å². The Morgan fingerprint density at radius 1 is 1.50 bits per heavy atom. The van der Waals surface area contributed by atoms with Crippen molar-refractivity contribution in [1.82, 2.24) is 10.2 Å². The zero-order chi connectivity index (χ0) is 13.7. The summed E-state index contributed by atoms with van der Waals surface area (Å²) in [6.07, 6.45) is 0.430. The van der Waals surface area contributed by atoms with E-state index in [0.717, 1.165) is 0 Å². The van der Waals surface area contributed by atoms with E-state index >= 15 is 0 Å². The van der Waals surface area contributed by atoms with Gasteiger partial charge in [0, 0.05) is 6.54 Å². The molecule has 18 heavy (non-hydrogen) atoms. The molecule has 1 saturated heterocycles. The van der Waals surface area contributed by atoms with Gasteiger partial charge in [0.25, 0.3) is 0 Å². The first-order valence-electron chi connectivity index (χ1n) is 6.29. The minimum atomic E-state index is -0.988. The number of hydrogen-bond donors (Lipinski definition) is 2. The summed E-state index contributed by atoms with van der Waals surface area (Å²) in [5, 5.41) is 11.7. The zero-order valence-corrected chi connectivity index (χ0v) is 11.2. The number of carbonyl (C=O) groups excluding carboxylic acids is 1. The number of ether oxygens (including phenoxy) is 1. The van der Waals surface area contributed by atoms with Crippen LogP contribution in [-0.4, -0.2) is 53.8 Å². The van der Waals surface area contributed by atoms with E-state index in [-0.39, 0.29) is 18.0 Å². The molecule has 2 atom stereocenters. The van der Waals surface area contributed by atoms with Gasteiger partial charge in [-0.1, -0.05) is 13.8 Å². The minimum Gasteiger partial charge on any atom is -0.480 e. The first-order valence-corrected chi connectivity index (χ1v) is 6.29. The second-order valence-corrected chi connectivity index (χ2v) is 5.09. The number of nitrogens with zero attached hydrogens (tertiary/aromatic N) is 1. The Balaban J connectivity index is 2.57. The van der Waals surface area contributed by atoms with Crippen LogP contribution in [0, 0.1) is 5.92 Å². The lowest BCUT2D eigenvalue weighted by Crippen LogP contribution is -2.54. The summed E-state index contributed by atoms with van der Waals surface area (Å²) in [6.45, 7) is 7.24. The molecule has 2 N–H and O–H groups in total. The molecule has 1 unspecified atom stereocenters. The van der Waals surface area contributed by atoms with Crippen molar-refractivity contribution < 1.29 is 19.4 Å². The van der Waals surface area contributed by atoms with Gasteiger partial charge in [0.1, 0.15) is 6.04 Å². The SMILES string of the molecule is CC(C)C[C@H](NC(=O)N1CCOCC1C)C(=O)O. The van der Waals surface area contributed by atoms with Crippen LogP contribution in [0.3, 0.4) is 0 Å². The maximum absolute atomic E-state index is 12.0. The van der Waals surface area contributed by atoms with Crippen molar-refractivity contribution in [2.75, 3.05) is 19.8 Å². The van der Waals surface area contributed by atoms with E-state index in [1.807, 2.05) is 20.8 Å². The van der Waals surface area contributed by atoms with Gasteiger partial charge < -0.3 is 20.1 Å². The summed E-state index contributed by atoms with van der Waals surface area (Å²) in [5.41, 5.74) is 0. The van der Waals surface area contributed by atoms with Gasteiger partial charge in [0.15, 0.2) is 0 Å². The van der Waals surface area contributed by atoms with E-state index in [9.17, 15) is 9.59 Å². The zero-order valence-electron chi connectivity index (χ0n) is 11.2. The highest BCUT2D eigenvalue weighted by atomic mass is 16.5. The number of urea groups is 1. The molecular formula is C12H22N2O4. The van der Waals surface area contributed by atoms with Gasteiger partial charge in [-0.3, -0.25) is 0 Å². The molecule has 104 valence electrons. The van der Waals surface area contributed by atoms with Crippen molar-refractivity contribution >= 4 is 12.0 Å². The average Bonchev–Trinajstić information content (AvgIpc) is 2.27. The smallest absolute Gasteiger partial charge is 0.326 e. The fourth-order valence-electron chi connectivity index (χ4n) is 1.95. The maximum atomic E-state index is 12.0. The summed E-state index contributed by atoms with van der Waals surface area (Å²) in [5.74, 6) is -0.772. The molecule has 6 nitrogen and oxygen atoms in total. The van der Waals surface area contributed by atoms with Gasteiger partial charge in [-0.15, -0.1) is 0 Å². The van der Waals surface area contributed by atoms with Crippen LogP contribution in [0.15, 0.2) is 0 Å². The molecule has 0 bridgehead atoms. The second-order valence-electron chi connectivity index (χ2n) is 5.09. The lowest BCUT2D eigenvalue weighted by molar-refractivity contribution is -0.139. The molecule has 0 aromatic heterocycles. The largest absolute Gasteiger partial charge is 0.480 e. The minimum absolute atomic E-state index is 0.0211. The summed E-state index contributed by atoms with van der Waals surface area (Å²) in [6, 6.07) is -1.17. The number of aliphatic carboxylic acids is 1. The fourth-order valence-corrected chi connectivity index (χ4v) is 1.95. The van der Waals surface area contributed by atoms with Crippen LogP contribution in [0.4, 0.5) is 4.79 Å². The van der Waals surface area contributed by atoms with Crippen LogP contribution in [0.25, 0.3) is 0 Å². The van der Waals surface area contributed by atoms with Crippen LogP contribution in [0.1, 0.15) is 27.2 Å². The number of morpholine rings is 1. The van der Waals surface area contributed by atoms with Gasteiger partial charge in [-0.2, -0.15) is 0 Å². The number of nitrogens with one attached hydrogen (secondary N) is 1. The molecule has 1 fully saturated rings. The molecule has 1 aliphatic heterocycles. The van der Waals surface area contributed by atoms with Crippen LogP contribution in [0.5, 0.6) is 0 Å². The third-order valence-corrected chi connectivity index (χ3v) is 2.93. The molecule has 1 rings (SSSR count). The van der Waals surface area contributed by atoms with Crippen molar-refractivity contribution in [1.29, 1.82) is 0 Å². The summed E-state index contributed by atoms with van der Waals surface area (Å²) in [7, 11) is 0. The van der Waals surface area contributed by atoms with Gasteiger partial charge in [-0.25, -0.2) is 9.59 Å². The van der Waals surface area contributed by atoms with Crippen molar-refractivity contribution in [2.45, 2.75) is 39.3 Å². The van der Waals surface area contributed by atoms with Crippen LogP contribution < -0.4 is 5.32 Å². The summed E-state index contributed by atoms with van der Waals surface area (Å²) in [4.78, 5) is 24.7.